The van der Waals surface area contributed by atoms with Crippen LogP contribution in [-0.4, -0.2) is 43.4 Å². The molecule has 1 aromatic carbocycles. The predicted octanol–water partition coefficient (Wildman–Crippen LogP) is 1.49. The van der Waals surface area contributed by atoms with Crippen LogP contribution in [0.15, 0.2) is 42.5 Å². The Balaban J connectivity index is 1.94. The first-order chi connectivity index (χ1) is 10.7. The van der Waals surface area contributed by atoms with E-state index >= 15 is 0 Å². The molecule has 0 bridgehead atoms. The summed E-state index contributed by atoms with van der Waals surface area (Å²) in [5, 5.41) is 10.8. The van der Waals surface area contributed by atoms with Crippen molar-refractivity contribution in [3.63, 3.8) is 0 Å². The topological polar surface area (TPSA) is 67.3 Å². The maximum Gasteiger partial charge on any atom is 0.271 e. The molecule has 1 N–H and O–H groups in total. The molecular formula is C16H20N4O2. The molecule has 0 atom stereocenters. The second-order valence-corrected chi connectivity index (χ2v) is 4.87. The molecule has 0 unspecified atom stereocenters. The highest BCUT2D eigenvalue weighted by molar-refractivity contribution is 5.92. The van der Waals surface area contributed by atoms with Gasteiger partial charge in [-0.2, -0.15) is 0 Å². The minimum atomic E-state index is -0.248. The number of amides is 1. The number of ether oxygens (including phenoxy) is 1. The highest BCUT2D eigenvalue weighted by Crippen LogP contribution is 2.11. The van der Waals surface area contributed by atoms with Gasteiger partial charge >= 0.3 is 0 Å². The van der Waals surface area contributed by atoms with Crippen LogP contribution in [0, 0.1) is 0 Å². The highest BCUT2D eigenvalue weighted by atomic mass is 16.5. The summed E-state index contributed by atoms with van der Waals surface area (Å²) in [5.41, 5.74) is 1.49. The molecule has 0 aliphatic heterocycles. The first-order valence-corrected chi connectivity index (χ1v) is 7.06. The van der Waals surface area contributed by atoms with Gasteiger partial charge in [0.25, 0.3) is 5.91 Å². The van der Waals surface area contributed by atoms with Gasteiger partial charge in [0, 0.05) is 27.2 Å². The van der Waals surface area contributed by atoms with Gasteiger partial charge in [-0.25, -0.2) is 0 Å². The van der Waals surface area contributed by atoms with Crippen molar-refractivity contribution >= 4 is 11.7 Å². The molecule has 0 radical (unpaired) electrons. The first kappa shape index (κ1) is 15.9. The number of nitrogens with one attached hydrogen (secondary N) is 1. The fourth-order valence-corrected chi connectivity index (χ4v) is 1.95. The Bertz CT molecular complexity index is 587. The monoisotopic (exact) mass is 300 g/mol. The molecule has 116 valence electrons. The third kappa shape index (κ3) is 4.53. The van der Waals surface area contributed by atoms with Gasteiger partial charge in [-0.3, -0.25) is 4.79 Å². The van der Waals surface area contributed by atoms with Crippen LogP contribution in [0.5, 0.6) is 0 Å². The smallest absolute Gasteiger partial charge is 0.271 e. The van der Waals surface area contributed by atoms with E-state index in [9.17, 15) is 4.79 Å². The van der Waals surface area contributed by atoms with Crippen molar-refractivity contribution in [3.05, 3.63) is 53.7 Å². The number of rotatable bonds is 7. The average molecular weight is 300 g/mol. The lowest BCUT2D eigenvalue weighted by atomic mass is 10.2. The normalized spacial score (nSPS) is 10.3. The molecule has 0 aliphatic carbocycles. The Morgan fingerprint density at radius 3 is 2.59 bits per heavy atom. The lowest BCUT2D eigenvalue weighted by Crippen LogP contribution is -2.28. The second kappa shape index (κ2) is 8.09. The zero-order chi connectivity index (χ0) is 15.8. The van der Waals surface area contributed by atoms with Crippen LogP contribution in [-0.2, 0) is 11.3 Å². The Morgan fingerprint density at radius 2 is 1.95 bits per heavy atom. The van der Waals surface area contributed by atoms with Gasteiger partial charge in [0.05, 0.1) is 6.61 Å². The summed E-state index contributed by atoms with van der Waals surface area (Å²) < 4.78 is 4.88. The van der Waals surface area contributed by atoms with Crippen LogP contribution < -0.4 is 10.2 Å². The number of carbonyl (C=O) groups excluding carboxylic acids is 1. The van der Waals surface area contributed by atoms with Crippen LogP contribution >= 0.6 is 0 Å². The van der Waals surface area contributed by atoms with Crippen LogP contribution in [0.25, 0.3) is 0 Å². The molecule has 1 aromatic heterocycles. The molecular weight excluding hydrogens is 280 g/mol. The minimum Gasteiger partial charge on any atom is -0.383 e. The molecule has 0 spiro atoms. The zero-order valence-electron chi connectivity index (χ0n) is 12.8. The largest absolute Gasteiger partial charge is 0.383 e. The van der Waals surface area contributed by atoms with E-state index in [1.165, 1.54) is 5.56 Å². The number of aromatic nitrogens is 2. The first-order valence-electron chi connectivity index (χ1n) is 7.06. The fourth-order valence-electron chi connectivity index (χ4n) is 1.95. The number of carbonyl (C=O) groups is 1. The SMILES string of the molecule is COCCNC(=O)c1ccc(N(C)Cc2ccccc2)nn1. The maximum atomic E-state index is 11.8. The fraction of sp³-hybridized carbons (Fsp3) is 0.312. The standard InChI is InChI=1S/C16H20N4O2/c1-20(12-13-6-4-3-5-7-13)15-9-8-14(18-19-15)16(21)17-10-11-22-2/h3-9H,10-12H2,1-2H3,(H,17,21). The van der Waals surface area contributed by atoms with Gasteiger partial charge in [0.2, 0.25) is 0 Å². The van der Waals surface area contributed by atoms with Crippen LogP contribution in [0.2, 0.25) is 0 Å². The summed E-state index contributed by atoms with van der Waals surface area (Å²) in [6.45, 7) is 1.65. The van der Waals surface area contributed by atoms with Crippen molar-refractivity contribution in [2.45, 2.75) is 6.54 Å². The van der Waals surface area contributed by atoms with E-state index in [0.717, 1.165) is 12.4 Å². The van der Waals surface area contributed by atoms with Crippen molar-refractivity contribution in [1.82, 2.24) is 15.5 Å². The molecule has 1 heterocycles. The Labute approximate surface area is 130 Å². The summed E-state index contributed by atoms with van der Waals surface area (Å²) in [5.74, 6) is 0.471. The quantitative estimate of drug-likeness (QED) is 0.785. The highest BCUT2D eigenvalue weighted by Gasteiger charge is 2.09. The molecule has 6 heteroatoms. The lowest BCUT2D eigenvalue weighted by molar-refractivity contribution is 0.0931. The van der Waals surface area contributed by atoms with Crippen molar-refractivity contribution in [3.8, 4) is 0 Å². The number of anilines is 1. The molecule has 22 heavy (non-hydrogen) atoms. The predicted molar refractivity (Wildman–Crippen MR) is 84.8 cm³/mol. The van der Waals surface area contributed by atoms with Crippen molar-refractivity contribution in [2.24, 2.45) is 0 Å². The van der Waals surface area contributed by atoms with Crippen LogP contribution in [0.1, 0.15) is 16.1 Å². The number of benzene rings is 1. The van der Waals surface area contributed by atoms with Gasteiger partial charge in [-0.15, -0.1) is 10.2 Å². The summed E-state index contributed by atoms with van der Waals surface area (Å²) >= 11 is 0. The van der Waals surface area contributed by atoms with Gasteiger partial charge < -0.3 is 15.0 Å². The molecule has 2 rings (SSSR count). The van der Waals surface area contributed by atoms with Gasteiger partial charge in [0.15, 0.2) is 11.5 Å². The second-order valence-electron chi connectivity index (χ2n) is 4.87. The number of hydrogen-bond donors (Lipinski definition) is 1. The van der Waals surface area contributed by atoms with E-state index < -0.39 is 0 Å². The minimum absolute atomic E-state index is 0.248. The number of hydrogen-bond acceptors (Lipinski definition) is 5. The van der Waals surface area contributed by atoms with E-state index in [1.807, 2.05) is 30.1 Å². The van der Waals surface area contributed by atoms with E-state index in [1.54, 1.807) is 19.2 Å². The summed E-state index contributed by atoms with van der Waals surface area (Å²) in [6, 6.07) is 13.6. The van der Waals surface area contributed by atoms with Crippen molar-refractivity contribution in [2.75, 3.05) is 32.2 Å². The Hall–Kier alpha value is -2.47. The van der Waals surface area contributed by atoms with Crippen LogP contribution in [0.4, 0.5) is 5.82 Å². The molecule has 0 fully saturated rings. The lowest BCUT2D eigenvalue weighted by Gasteiger charge is -2.17. The van der Waals surface area contributed by atoms with Gasteiger partial charge in [0.1, 0.15) is 0 Å². The van der Waals surface area contributed by atoms with Crippen molar-refractivity contribution in [1.29, 1.82) is 0 Å². The number of methoxy groups -OCH3 is 1. The molecule has 0 aliphatic rings. The third-order valence-electron chi connectivity index (χ3n) is 3.13. The molecule has 6 nitrogen and oxygen atoms in total. The van der Waals surface area contributed by atoms with E-state index in [2.05, 4.69) is 27.6 Å². The van der Waals surface area contributed by atoms with Crippen LogP contribution in [0.3, 0.4) is 0 Å². The molecule has 0 saturated heterocycles. The third-order valence-corrected chi connectivity index (χ3v) is 3.13. The van der Waals surface area contributed by atoms with Gasteiger partial charge in [-0.1, -0.05) is 30.3 Å². The average Bonchev–Trinajstić information content (AvgIpc) is 2.56. The summed E-state index contributed by atoms with van der Waals surface area (Å²) in [4.78, 5) is 13.8. The molecule has 2 aromatic rings. The van der Waals surface area contributed by atoms with E-state index in [-0.39, 0.29) is 5.91 Å². The van der Waals surface area contributed by atoms with E-state index in [4.69, 9.17) is 4.74 Å². The van der Waals surface area contributed by atoms with Crippen molar-refractivity contribution < 1.29 is 9.53 Å². The molecule has 1 amide bonds. The van der Waals surface area contributed by atoms with E-state index in [0.29, 0.717) is 18.8 Å². The zero-order valence-corrected chi connectivity index (χ0v) is 12.8. The summed E-state index contributed by atoms with van der Waals surface area (Å²) in [7, 11) is 3.53. The number of nitrogens with zero attached hydrogens (tertiary/aromatic N) is 3. The summed E-state index contributed by atoms with van der Waals surface area (Å²) in [6.07, 6.45) is 0. The Kier molecular flexibility index (Phi) is 5.85. The molecule has 0 saturated carbocycles. The Morgan fingerprint density at radius 1 is 1.18 bits per heavy atom. The van der Waals surface area contributed by atoms with Gasteiger partial charge in [-0.05, 0) is 17.7 Å². The maximum absolute atomic E-state index is 11.8.